The first-order valence-electron chi connectivity index (χ1n) is 7.24. The maximum Gasteiger partial charge on any atom is 0.320 e. The molecular formula is C14H21N5O. The van der Waals surface area contributed by atoms with Crippen molar-refractivity contribution < 1.29 is 4.79 Å². The van der Waals surface area contributed by atoms with Gasteiger partial charge in [0.05, 0.1) is 5.69 Å². The molecule has 1 atom stereocenters. The second-order valence-electron chi connectivity index (χ2n) is 5.75. The number of nitrogens with zero attached hydrogens (tertiary/aromatic N) is 4. The largest absolute Gasteiger partial charge is 0.372 e. The summed E-state index contributed by atoms with van der Waals surface area (Å²) in [6, 6.07) is 2.16. The highest BCUT2D eigenvalue weighted by atomic mass is 16.2. The number of carbonyl (C=O) groups excluding carboxylic acids is 1. The van der Waals surface area contributed by atoms with Crippen LogP contribution in [-0.4, -0.2) is 52.7 Å². The minimum Gasteiger partial charge on any atom is -0.372 e. The van der Waals surface area contributed by atoms with E-state index in [9.17, 15) is 4.79 Å². The van der Waals surface area contributed by atoms with Crippen LogP contribution in [0.2, 0.25) is 0 Å². The van der Waals surface area contributed by atoms with Crippen molar-refractivity contribution in [2.24, 2.45) is 5.92 Å². The predicted molar refractivity (Wildman–Crippen MR) is 76.4 cm³/mol. The lowest BCUT2D eigenvalue weighted by Gasteiger charge is -2.31. The second kappa shape index (κ2) is 5.26. The Bertz CT molecular complexity index is 518. The number of amides is 2. The van der Waals surface area contributed by atoms with Crippen LogP contribution in [0.15, 0.2) is 6.07 Å². The van der Waals surface area contributed by atoms with Crippen LogP contribution in [0.25, 0.3) is 0 Å². The van der Waals surface area contributed by atoms with Gasteiger partial charge in [0.2, 0.25) is 0 Å². The van der Waals surface area contributed by atoms with Crippen molar-refractivity contribution in [3.05, 3.63) is 17.3 Å². The van der Waals surface area contributed by atoms with Crippen molar-refractivity contribution in [2.75, 3.05) is 32.0 Å². The fourth-order valence-corrected chi connectivity index (χ4v) is 2.92. The third-order valence-corrected chi connectivity index (χ3v) is 4.16. The molecule has 0 saturated carbocycles. The molecule has 1 fully saturated rings. The average molecular weight is 275 g/mol. The maximum atomic E-state index is 12.5. The summed E-state index contributed by atoms with van der Waals surface area (Å²) < 4.78 is 0. The molecule has 0 bridgehead atoms. The van der Waals surface area contributed by atoms with Gasteiger partial charge in [-0.2, -0.15) is 5.10 Å². The van der Waals surface area contributed by atoms with Gasteiger partial charge in [0, 0.05) is 39.6 Å². The lowest BCUT2D eigenvalue weighted by Crippen LogP contribution is -2.44. The van der Waals surface area contributed by atoms with Gasteiger partial charge < -0.3 is 15.1 Å². The molecule has 3 rings (SSSR count). The Hall–Kier alpha value is -1.85. The fraction of sp³-hybridized carbons (Fsp3) is 0.643. The van der Waals surface area contributed by atoms with Gasteiger partial charge in [0.1, 0.15) is 5.82 Å². The van der Waals surface area contributed by atoms with Crippen LogP contribution in [-0.2, 0) is 13.0 Å². The summed E-state index contributed by atoms with van der Waals surface area (Å²) in [6.45, 7) is 5.36. The number of fused-ring (bicyclic) bond motifs is 1. The molecule has 2 aliphatic heterocycles. The summed E-state index contributed by atoms with van der Waals surface area (Å²) in [4.78, 5) is 16.4. The minimum absolute atomic E-state index is 0.169. The van der Waals surface area contributed by atoms with Crippen LogP contribution in [0.4, 0.5) is 10.6 Å². The third kappa shape index (κ3) is 2.42. The average Bonchev–Trinajstić information content (AvgIpc) is 2.91. The number of likely N-dealkylation sites (tertiary alicyclic amines) is 1. The van der Waals surface area contributed by atoms with E-state index in [1.54, 1.807) is 0 Å². The zero-order valence-electron chi connectivity index (χ0n) is 12.1. The van der Waals surface area contributed by atoms with Gasteiger partial charge in [-0.1, -0.05) is 6.92 Å². The summed E-state index contributed by atoms with van der Waals surface area (Å²) in [5.74, 6) is 1.38. The first kappa shape index (κ1) is 13.1. The first-order chi connectivity index (χ1) is 9.67. The molecule has 1 aromatic rings. The third-order valence-electron chi connectivity index (χ3n) is 4.16. The van der Waals surface area contributed by atoms with Crippen molar-refractivity contribution in [3.8, 4) is 0 Å². The van der Waals surface area contributed by atoms with E-state index in [-0.39, 0.29) is 6.03 Å². The van der Waals surface area contributed by atoms with Gasteiger partial charge in [0.15, 0.2) is 0 Å². The van der Waals surface area contributed by atoms with Gasteiger partial charge >= 0.3 is 6.03 Å². The van der Waals surface area contributed by atoms with Crippen LogP contribution in [0, 0.1) is 5.92 Å². The first-order valence-corrected chi connectivity index (χ1v) is 7.24. The predicted octanol–water partition coefficient (Wildman–Crippen LogP) is 1.34. The monoisotopic (exact) mass is 275 g/mol. The Morgan fingerprint density at radius 1 is 1.35 bits per heavy atom. The molecule has 1 unspecified atom stereocenters. The zero-order chi connectivity index (χ0) is 14.1. The second-order valence-corrected chi connectivity index (χ2v) is 5.75. The highest BCUT2D eigenvalue weighted by Gasteiger charge is 2.29. The van der Waals surface area contributed by atoms with E-state index in [4.69, 9.17) is 0 Å². The number of rotatable bonds is 1. The van der Waals surface area contributed by atoms with Gasteiger partial charge in [-0.25, -0.2) is 4.79 Å². The summed E-state index contributed by atoms with van der Waals surface area (Å²) in [5, 5.41) is 11.3. The standard InChI is InChI=1S/C14H21N5O/c1-10-3-5-18(8-10)14(20)19-6-4-12-11(9-19)7-13(15-2)17-16-12/h7,10H,3-6,8-9H2,1-2H3,(H,15,17). The topological polar surface area (TPSA) is 61.4 Å². The van der Waals surface area contributed by atoms with Crippen LogP contribution >= 0.6 is 0 Å². The van der Waals surface area contributed by atoms with Crippen LogP contribution < -0.4 is 5.32 Å². The van der Waals surface area contributed by atoms with Gasteiger partial charge in [-0.05, 0) is 24.0 Å². The van der Waals surface area contributed by atoms with E-state index >= 15 is 0 Å². The molecule has 6 nitrogen and oxygen atoms in total. The Kier molecular flexibility index (Phi) is 3.46. The lowest BCUT2D eigenvalue weighted by molar-refractivity contribution is 0.155. The summed E-state index contributed by atoms with van der Waals surface area (Å²) in [5.41, 5.74) is 2.12. The van der Waals surface area contributed by atoms with E-state index in [1.165, 1.54) is 0 Å². The van der Waals surface area contributed by atoms with Gasteiger partial charge in [0.25, 0.3) is 0 Å². The molecule has 6 heteroatoms. The fourth-order valence-electron chi connectivity index (χ4n) is 2.92. The molecule has 0 aliphatic carbocycles. The zero-order valence-corrected chi connectivity index (χ0v) is 12.1. The van der Waals surface area contributed by atoms with Crippen LogP contribution in [0.3, 0.4) is 0 Å². The van der Waals surface area contributed by atoms with Crippen molar-refractivity contribution in [1.82, 2.24) is 20.0 Å². The van der Waals surface area contributed by atoms with Crippen molar-refractivity contribution in [1.29, 1.82) is 0 Å². The van der Waals surface area contributed by atoms with Gasteiger partial charge in [-0.15, -0.1) is 5.10 Å². The molecular weight excluding hydrogens is 254 g/mol. The Labute approximate surface area is 119 Å². The number of nitrogens with one attached hydrogen (secondary N) is 1. The minimum atomic E-state index is 0.169. The number of urea groups is 1. The molecule has 0 spiro atoms. The van der Waals surface area contributed by atoms with E-state index in [0.717, 1.165) is 49.6 Å². The van der Waals surface area contributed by atoms with E-state index in [0.29, 0.717) is 12.5 Å². The smallest absolute Gasteiger partial charge is 0.320 e. The summed E-state index contributed by atoms with van der Waals surface area (Å²) in [6.07, 6.45) is 1.91. The molecule has 108 valence electrons. The molecule has 1 N–H and O–H groups in total. The number of hydrogen-bond donors (Lipinski definition) is 1. The highest BCUT2D eigenvalue weighted by Crippen LogP contribution is 2.22. The molecule has 1 saturated heterocycles. The molecule has 2 aliphatic rings. The Morgan fingerprint density at radius 3 is 2.90 bits per heavy atom. The molecule has 0 aromatic carbocycles. The molecule has 1 aromatic heterocycles. The van der Waals surface area contributed by atoms with Crippen LogP contribution in [0.1, 0.15) is 24.6 Å². The molecule has 0 radical (unpaired) electrons. The van der Waals surface area contributed by atoms with Gasteiger partial charge in [-0.3, -0.25) is 0 Å². The van der Waals surface area contributed by atoms with E-state index in [2.05, 4.69) is 22.4 Å². The number of aromatic nitrogens is 2. The summed E-state index contributed by atoms with van der Waals surface area (Å²) in [7, 11) is 1.83. The molecule has 3 heterocycles. The van der Waals surface area contributed by atoms with Crippen molar-refractivity contribution >= 4 is 11.8 Å². The quantitative estimate of drug-likeness (QED) is 0.840. The van der Waals surface area contributed by atoms with Crippen molar-refractivity contribution in [3.63, 3.8) is 0 Å². The highest BCUT2D eigenvalue weighted by molar-refractivity contribution is 5.75. The number of carbonyl (C=O) groups is 1. The van der Waals surface area contributed by atoms with Crippen molar-refractivity contribution in [2.45, 2.75) is 26.3 Å². The van der Waals surface area contributed by atoms with E-state index < -0.39 is 0 Å². The molecule has 2 amide bonds. The number of anilines is 1. The van der Waals surface area contributed by atoms with Crippen LogP contribution in [0.5, 0.6) is 0 Å². The Morgan fingerprint density at radius 2 is 2.20 bits per heavy atom. The normalized spacial score (nSPS) is 21.8. The maximum absolute atomic E-state index is 12.5. The van der Waals surface area contributed by atoms with E-state index in [1.807, 2.05) is 22.9 Å². The summed E-state index contributed by atoms with van der Waals surface area (Å²) >= 11 is 0. The Balaban J connectivity index is 1.72. The lowest BCUT2D eigenvalue weighted by atomic mass is 10.1. The number of hydrogen-bond acceptors (Lipinski definition) is 4. The molecule has 20 heavy (non-hydrogen) atoms. The SMILES string of the molecule is CNc1cc2c(nn1)CCN(C(=O)N1CCC(C)C1)C2.